The molecule has 1 fully saturated rings. The van der Waals surface area contributed by atoms with Crippen LogP contribution < -0.4 is 0 Å². The van der Waals surface area contributed by atoms with Crippen molar-refractivity contribution >= 4 is 23.2 Å². The summed E-state index contributed by atoms with van der Waals surface area (Å²) >= 11 is 11.8. The summed E-state index contributed by atoms with van der Waals surface area (Å²) in [4.78, 5) is -0.592. The van der Waals surface area contributed by atoms with E-state index in [4.69, 9.17) is 32.7 Å². The van der Waals surface area contributed by atoms with Crippen molar-refractivity contribution in [1.29, 1.82) is 0 Å². The first kappa shape index (κ1) is 14.6. The molecule has 0 amide bonds. The van der Waals surface area contributed by atoms with E-state index in [-0.39, 0.29) is 0 Å². The summed E-state index contributed by atoms with van der Waals surface area (Å²) in [7, 11) is 0. The van der Waals surface area contributed by atoms with Crippen LogP contribution in [0.2, 0.25) is 0 Å². The largest absolute Gasteiger partial charge is 0.345 e. The second kappa shape index (κ2) is 7.75. The molecule has 0 radical (unpaired) electrons. The molecule has 0 aromatic heterocycles. The topological polar surface area (TPSA) is 18.5 Å². The molecule has 0 N–H and O–H groups in total. The van der Waals surface area contributed by atoms with E-state index in [1.165, 1.54) is 32.1 Å². The van der Waals surface area contributed by atoms with E-state index in [9.17, 15) is 0 Å². The molecule has 0 spiro atoms. The molecule has 0 aliphatic carbocycles. The summed E-state index contributed by atoms with van der Waals surface area (Å²) in [6.07, 6.45) is 8.27. The van der Waals surface area contributed by atoms with Gasteiger partial charge in [-0.3, -0.25) is 0 Å². The molecule has 1 heterocycles. The van der Waals surface area contributed by atoms with E-state index in [1.807, 2.05) is 0 Å². The molecule has 0 atom stereocenters. The van der Waals surface area contributed by atoms with Crippen molar-refractivity contribution in [2.24, 2.45) is 0 Å². The van der Waals surface area contributed by atoms with Crippen molar-refractivity contribution in [2.75, 3.05) is 13.2 Å². The van der Waals surface area contributed by atoms with Gasteiger partial charge in [-0.2, -0.15) is 0 Å². The number of hydrogen-bond donors (Lipinski definition) is 0. The second-order valence-electron chi connectivity index (χ2n) is 4.33. The molecule has 96 valence electrons. The van der Waals surface area contributed by atoms with Crippen molar-refractivity contribution in [3.63, 3.8) is 0 Å². The summed E-state index contributed by atoms with van der Waals surface area (Å²) < 4.78 is 11.1. The Morgan fingerprint density at radius 3 is 2.12 bits per heavy atom. The van der Waals surface area contributed by atoms with Crippen molar-refractivity contribution in [1.82, 2.24) is 0 Å². The fourth-order valence-electron chi connectivity index (χ4n) is 2.00. The van der Waals surface area contributed by atoms with Crippen LogP contribution in [0.5, 0.6) is 0 Å². The molecule has 1 saturated heterocycles. The average Bonchev–Trinajstić information content (AvgIpc) is 2.73. The first-order valence-electron chi connectivity index (χ1n) is 6.27. The normalized spacial score (nSPS) is 19.5. The lowest BCUT2D eigenvalue weighted by atomic mass is 10.1. The predicted octanol–water partition coefficient (Wildman–Crippen LogP) is 4.28. The molecule has 0 saturated carbocycles. The van der Waals surface area contributed by atoms with E-state index in [0.29, 0.717) is 13.2 Å². The van der Waals surface area contributed by atoms with E-state index < -0.39 is 10.6 Å². The number of rotatable bonds is 8. The summed E-state index contributed by atoms with van der Waals surface area (Å²) in [5.74, 6) is -0.728. The van der Waals surface area contributed by atoms with Crippen LogP contribution in [0, 0.1) is 0 Å². The minimum Gasteiger partial charge on any atom is -0.345 e. The lowest BCUT2D eigenvalue weighted by Gasteiger charge is -2.28. The number of halogens is 2. The molecule has 0 unspecified atom stereocenters. The Morgan fingerprint density at radius 1 is 1.00 bits per heavy atom. The fraction of sp³-hybridized carbons (Fsp3) is 1.00. The Bertz CT molecular complexity index is 180. The van der Waals surface area contributed by atoms with Crippen LogP contribution in [0.25, 0.3) is 0 Å². The summed E-state index contributed by atoms with van der Waals surface area (Å²) in [6, 6.07) is 0. The molecule has 1 rings (SSSR count). The molecule has 1 aliphatic heterocycles. The highest BCUT2D eigenvalue weighted by Gasteiger charge is 2.42. The maximum Gasteiger partial charge on any atom is 0.198 e. The smallest absolute Gasteiger partial charge is 0.198 e. The standard InChI is InChI=1S/C12H22Cl2O2/c1-2-3-4-5-6-7-8-12(11(13)14)15-9-10-16-12/h11H,2-10H2,1H3. The van der Waals surface area contributed by atoms with Gasteiger partial charge in [0.05, 0.1) is 13.2 Å². The molecule has 0 aromatic carbocycles. The highest BCUT2D eigenvalue weighted by atomic mass is 35.5. The van der Waals surface area contributed by atoms with Crippen molar-refractivity contribution < 1.29 is 9.47 Å². The van der Waals surface area contributed by atoms with E-state index in [0.717, 1.165) is 12.8 Å². The zero-order valence-corrected chi connectivity index (χ0v) is 11.5. The summed E-state index contributed by atoms with van der Waals surface area (Å²) in [5, 5.41) is 0. The lowest BCUT2D eigenvalue weighted by Crippen LogP contribution is -2.37. The minimum absolute atomic E-state index is 0.592. The first-order valence-corrected chi connectivity index (χ1v) is 7.14. The molecule has 1 aliphatic rings. The molecular weight excluding hydrogens is 247 g/mol. The Labute approximate surface area is 109 Å². The number of hydrogen-bond acceptors (Lipinski definition) is 2. The number of ether oxygens (including phenoxy) is 2. The number of unbranched alkanes of at least 4 members (excludes halogenated alkanes) is 5. The second-order valence-corrected chi connectivity index (χ2v) is 5.42. The van der Waals surface area contributed by atoms with Gasteiger partial charge in [-0.05, 0) is 6.42 Å². The highest BCUT2D eigenvalue weighted by molar-refractivity contribution is 6.45. The van der Waals surface area contributed by atoms with Crippen LogP contribution >= 0.6 is 23.2 Å². The van der Waals surface area contributed by atoms with Gasteiger partial charge < -0.3 is 9.47 Å². The van der Waals surface area contributed by atoms with Gasteiger partial charge in [0, 0.05) is 6.42 Å². The minimum atomic E-state index is -0.728. The number of alkyl halides is 2. The molecule has 0 aromatic rings. The van der Waals surface area contributed by atoms with E-state index in [1.54, 1.807) is 0 Å². The van der Waals surface area contributed by atoms with Crippen molar-refractivity contribution in [3.05, 3.63) is 0 Å². The molecular formula is C12H22Cl2O2. The van der Waals surface area contributed by atoms with E-state index >= 15 is 0 Å². The quantitative estimate of drug-likeness (QED) is 0.483. The van der Waals surface area contributed by atoms with Gasteiger partial charge in [-0.15, -0.1) is 0 Å². The summed E-state index contributed by atoms with van der Waals surface area (Å²) in [5.41, 5.74) is 0. The lowest BCUT2D eigenvalue weighted by molar-refractivity contribution is -0.151. The first-order chi connectivity index (χ1) is 7.71. The Balaban J connectivity index is 2.14. The van der Waals surface area contributed by atoms with Gasteiger partial charge in [0.1, 0.15) is 0 Å². The van der Waals surface area contributed by atoms with Gasteiger partial charge in [0.15, 0.2) is 10.6 Å². The molecule has 16 heavy (non-hydrogen) atoms. The van der Waals surface area contributed by atoms with Gasteiger partial charge in [-0.25, -0.2) is 0 Å². The predicted molar refractivity (Wildman–Crippen MR) is 68.1 cm³/mol. The van der Waals surface area contributed by atoms with Crippen LogP contribution in [-0.2, 0) is 9.47 Å². The zero-order chi connectivity index (χ0) is 11.9. The summed E-state index contributed by atoms with van der Waals surface area (Å²) in [6.45, 7) is 3.43. The van der Waals surface area contributed by atoms with Crippen LogP contribution in [0.4, 0.5) is 0 Å². The maximum atomic E-state index is 5.92. The third-order valence-electron chi connectivity index (χ3n) is 2.99. The fourth-order valence-corrected chi connectivity index (χ4v) is 2.47. The Hall–Kier alpha value is 0.500. The van der Waals surface area contributed by atoms with Crippen LogP contribution in [0.15, 0.2) is 0 Å². The van der Waals surface area contributed by atoms with Crippen LogP contribution in [0.3, 0.4) is 0 Å². The monoisotopic (exact) mass is 268 g/mol. The third-order valence-corrected chi connectivity index (χ3v) is 3.65. The molecule has 4 heteroatoms. The average molecular weight is 269 g/mol. The van der Waals surface area contributed by atoms with Gasteiger partial charge >= 0.3 is 0 Å². The van der Waals surface area contributed by atoms with Gasteiger partial charge in [-0.1, -0.05) is 62.2 Å². The van der Waals surface area contributed by atoms with E-state index in [2.05, 4.69) is 6.92 Å². The molecule has 0 bridgehead atoms. The maximum absolute atomic E-state index is 5.92. The molecule has 2 nitrogen and oxygen atoms in total. The van der Waals surface area contributed by atoms with Crippen molar-refractivity contribution in [2.45, 2.75) is 62.5 Å². The van der Waals surface area contributed by atoms with Gasteiger partial charge in [0.25, 0.3) is 0 Å². The van der Waals surface area contributed by atoms with Crippen molar-refractivity contribution in [3.8, 4) is 0 Å². The Morgan fingerprint density at radius 2 is 1.56 bits per heavy atom. The van der Waals surface area contributed by atoms with Crippen LogP contribution in [0.1, 0.15) is 51.9 Å². The van der Waals surface area contributed by atoms with Gasteiger partial charge in [0.2, 0.25) is 0 Å². The zero-order valence-electron chi connectivity index (χ0n) is 10.0. The highest BCUT2D eigenvalue weighted by Crippen LogP contribution is 2.34. The van der Waals surface area contributed by atoms with Crippen LogP contribution in [-0.4, -0.2) is 23.8 Å². The third kappa shape index (κ3) is 4.40. The SMILES string of the molecule is CCCCCCCCC1(C(Cl)Cl)OCCO1. The Kier molecular flexibility index (Phi) is 7.06.